The van der Waals surface area contributed by atoms with Gasteiger partial charge in [0.2, 0.25) is 0 Å². The lowest BCUT2D eigenvalue weighted by Crippen LogP contribution is -2.59. The highest BCUT2D eigenvalue weighted by Crippen LogP contribution is 2.38. The molecule has 2 N–H and O–H groups in total. The van der Waals surface area contributed by atoms with Crippen LogP contribution in [0.4, 0.5) is 0 Å². The quantitative estimate of drug-likeness (QED) is 0.890. The normalized spacial score (nSPS) is 23.8. The van der Waals surface area contributed by atoms with Crippen molar-refractivity contribution in [2.75, 3.05) is 6.54 Å². The third kappa shape index (κ3) is 2.84. The Kier molecular flexibility index (Phi) is 4.02. The molecule has 1 spiro atoms. The average molecular weight is 290 g/mol. The Balaban J connectivity index is 1.67. The smallest absolute Gasteiger partial charge is 0.269 e. The molecule has 3 rings (SSSR count). The summed E-state index contributed by atoms with van der Waals surface area (Å²) in [6, 6.07) is 2.23. The van der Waals surface area contributed by atoms with Crippen molar-refractivity contribution >= 4 is 5.91 Å². The van der Waals surface area contributed by atoms with E-state index in [1.54, 1.807) is 0 Å². The summed E-state index contributed by atoms with van der Waals surface area (Å²) in [5.74, 6) is 0.0328. The third-order valence-electron chi connectivity index (χ3n) is 5.00. The molecular formula is C16H26N4O. The van der Waals surface area contributed by atoms with Gasteiger partial charge in [0.15, 0.2) is 0 Å². The number of aromatic nitrogens is 2. The Morgan fingerprint density at radius 3 is 2.95 bits per heavy atom. The first-order valence-electron chi connectivity index (χ1n) is 8.28. The molecule has 2 heterocycles. The number of hydrogen-bond acceptors (Lipinski definition) is 3. The van der Waals surface area contributed by atoms with Crippen molar-refractivity contribution in [3.05, 3.63) is 17.5 Å². The third-order valence-corrected chi connectivity index (χ3v) is 5.00. The van der Waals surface area contributed by atoms with Crippen LogP contribution in [0.25, 0.3) is 0 Å². The topological polar surface area (TPSA) is 59.0 Å². The van der Waals surface area contributed by atoms with Crippen LogP contribution < -0.4 is 10.6 Å². The molecule has 1 unspecified atom stereocenters. The number of carbonyl (C=O) groups excluding carboxylic acids is 1. The molecule has 1 saturated heterocycles. The minimum atomic E-state index is 0.0328. The Hall–Kier alpha value is -1.36. The van der Waals surface area contributed by atoms with Crippen LogP contribution >= 0.6 is 0 Å². The van der Waals surface area contributed by atoms with Crippen LogP contribution in [-0.4, -0.2) is 33.8 Å². The maximum Gasteiger partial charge on any atom is 0.269 e. The molecule has 1 aliphatic carbocycles. The van der Waals surface area contributed by atoms with Crippen LogP contribution in [0.15, 0.2) is 6.07 Å². The first-order chi connectivity index (χ1) is 10.2. The standard InChI is InChI=1S/C16H26N4O/c1-3-12-10-14(20(4-2)19-12)15(21)18-13-6-9-17-16(11-13)7-5-8-16/h10,13,17H,3-9,11H2,1-2H3,(H,18,21). The van der Waals surface area contributed by atoms with Crippen LogP contribution in [0.1, 0.15) is 62.1 Å². The fourth-order valence-electron chi connectivity index (χ4n) is 3.59. The summed E-state index contributed by atoms with van der Waals surface area (Å²) < 4.78 is 1.81. The van der Waals surface area contributed by atoms with Crippen LogP contribution in [0.3, 0.4) is 0 Å². The van der Waals surface area contributed by atoms with Gasteiger partial charge in [0.1, 0.15) is 5.69 Å². The molecule has 2 fully saturated rings. The molecule has 5 nitrogen and oxygen atoms in total. The maximum absolute atomic E-state index is 12.5. The monoisotopic (exact) mass is 290 g/mol. The van der Waals surface area contributed by atoms with Gasteiger partial charge in [0.25, 0.3) is 5.91 Å². The van der Waals surface area contributed by atoms with Crippen molar-refractivity contribution in [2.24, 2.45) is 0 Å². The Morgan fingerprint density at radius 1 is 1.52 bits per heavy atom. The number of hydrogen-bond donors (Lipinski definition) is 2. The van der Waals surface area contributed by atoms with Crippen molar-refractivity contribution < 1.29 is 4.79 Å². The molecule has 1 aromatic rings. The van der Waals surface area contributed by atoms with E-state index < -0.39 is 0 Å². The van der Waals surface area contributed by atoms with Gasteiger partial charge in [-0.1, -0.05) is 6.92 Å². The van der Waals surface area contributed by atoms with Gasteiger partial charge < -0.3 is 10.6 Å². The van der Waals surface area contributed by atoms with Gasteiger partial charge in [-0.15, -0.1) is 0 Å². The summed E-state index contributed by atoms with van der Waals surface area (Å²) in [6.45, 7) is 5.84. The van der Waals surface area contributed by atoms with E-state index in [9.17, 15) is 4.79 Å². The molecule has 1 aliphatic heterocycles. The fourth-order valence-corrected chi connectivity index (χ4v) is 3.59. The second kappa shape index (κ2) is 5.79. The second-order valence-electron chi connectivity index (χ2n) is 6.41. The summed E-state index contributed by atoms with van der Waals surface area (Å²) >= 11 is 0. The zero-order valence-corrected chi connectivity index (χ0v) is 13.1. The predicted molar refractivity (Wildman–Crippen MR) is 82.4 cm³/mol. The lowest BCUT2D eigenvalue weighted by atomic mass is 9.70. The zero-order valence-electron chi connectivity index (χ0n) is 13.1. The van der Waals surface area contributed by atoms with E-state index in [0.717, 1.165) is 38.0 Å². The van der Waals surface area contributed by atoms with Crippen molar-refractivity contribution in [3.8, 4) is 0 Å². The number of nitrogens with zero attached hydrogens (tertiary/aromatic N) is 2. The van der Waals surface area contributed by atoms with Crippen molar-refractivity contribution in [2.45, 2.75) is 70.5 Å². The highest BCUT2D eigenvalue weighted by molar-refractivity contribution is 5.92. The van der Waals surface area contributed by atoms with E-state index in [4.69, 9.17) is 0 Å². The molecule has 21 heavy (non-hydrogen) atoms. The zero-order chi connectivity index (χ0) is 14.9. The van der Waals surface area contributed by atoms with E-state index in [1.165, 1.54) is 19.3 Å². The summed E-state index contributed by atoms with van der Waals surface area (Å²) in [5, 5.41) is 11.3. The summed E-state index contributed by atoms with van der Waals surface area (Å²) in [6.07, 6.45) is 6.78. The number of nitrogens with one attached hydrogen (secondary N) is 2. The first kappa shape index (κ1) is 14.6. The number of carbonyl (C=O) groups is 1. The molecule has 0 radical (unpaired) electrons. The fraction of sp³-hybridized carbons (Fsp3) is 0.750. The molecule has 2 aliphatic rings. The van der Waals surface area contributed by atoms with E-state index in [0.29, 0.717) is 17.3 Å². The van der Waals surface area contributed by atoms with Gasteiger partial charge in [-0.25, -0.2) is 0 Å². The van der Waals surface area contributed by atoms with E-state index in [2.05, 4.69) is 22.7 Å². The highest BCUT2D eigenvalue weighted by Gasteiger charge is 2.41. The molecule has 116 valence electrons. The van der Waals surface area contributed by atoms with Crippen molar-refractivity contribution in [1.82, 2.24) is 20.4 Å². The predicted octanol–water partition coefficient (Wildman–Crippen LogP) is 1.87. The molecule has 1 amide bonds. The minimum Gasteiger partial charge on any atom is -0.348 e. The van der Waals surface area contributed by atoms with Gasteiger partial charge >= 0.3 is 0 Å². The van der Waals surface area contributed by atoms with E-state index in [1.807, 2.05) is 17.7 Å². The number of rotatable bonds is 4. The molecule has 1 aromatic heterocycles. The first-order valence-corrected chi connectivity index (χ1v) is 8.28. The van der Waals surface area contributed by atoms with Gasteiger partial charge in [-0.05, 0) is 58.1 Å². The number of amides is 1. The molecule has 0 aromatic carbocycles. The number of piperidine rings is 1. The largest absolute Gasteiger partial charge is 0.348 e. The molecule has 1 saturated carbocycles. The lowest BCUT2D eigenvalue weighted by Gasteiger charge is -2.48. The summed E-state index contributed by atoms with van der Waals surface area (Å²) in [5.41, 5.74) is 2.01. The molecule has 0 bridgehead atoms. The molecule has 5 heteroatoms. The van der Waals surface area contributed by atoms with E-state index >= 15 is 0 Å². The van der Waals surface area contributed by atoms with Gasteiger partial charge in [-0.3, -0.25) is 9.48 Å². The van der Waals surface area contributed by atoms with Crippen LogP contribution in [0.2, 0.25) is 0 Å². The Bertz CT molecular complexity index is 518. The Labute approximate surface area is 126 Å². The summed E-state index contributed by atoms with van der Waals surface area (Å²) in [7, 11) is 0. The van der Waals surface area contributed by atoms with Crippen molar-refractivity contribution in [3.63, 3.8) is 0 Å². The van der Waals surface area contributed by atoms with Crippen LogP contribution in [0.5, 0.6) is 0 Å². The van der Waals surface area contributed by atoms with Gasteiger partial charge in [0, 0.05) is 18.1 Å². The lowest BCUT2D eigenvalue weighted by molar-refractivity contribution is 0.0843. The van der Waals surface area contributed by atoms with Gasteiger partial charge in [0.05, 0.1) is 5.69 Å². The van der Waals surface area contributed by atoms with Crippen molar-refractivity contribution in [1.29, 1.82) is 0 Å². The maximum atomic E-state index is 12.5. The highest BCUT2D eigenvalue weighted by atomic mass is 16.2. The summed E-state index contributed by atoms with van der Waals surface area (Å²) in [4.78, 5) is 12.5. The Morgan fingerprint density at radius 2 is 2.33 bits per heavy atom. The minimum absolute atomic E-state index is 0.0328. The van der Waals surface area contributed by atoms with E-state index in [-0.39, 0.29) is 5.91 Å². The van der Waals surface area contributed by atoms with Gasteiger partial charge in [-0.2, -0.15) is 5.10 Å². The second-order valence-corrected chi connectivity index (χ2v) is 6.41. The SMILES string of the molecule is CCc1cc(C(=O)NC2CCNC3(CCC3)C2)n(CC)n1. The average Bonchev–Trinajstić information content (AvgIpc) is 2.89. The van der Waals surface area contributed by atoms with Crippen LogP contribution in [0, 0.1) is 0 Å². The number of aryl methyl sites for hydroxylation is 2. The molecular weight excluding hydrogens is 264 g/mol. The van der Waals surface area contributed by atoms with Crippen LogP contribution in [-0.2, 0) is 13.0 Å². The molecule has 1 atom stereocenters.